The minimum atomic E-state index is -0.917. The van der Waals surface area contributed by atoms with Crippen molar-refractivity contribution in [3.8, 4) is 11.4 Å². The van der Waals surface area contributed by atoms with Crippen LogP contribution in [-0.2, 0) is 27.2 Å². The van der Waals surface area contributed by atoms with Crippen LogP contribution in [-0.4, -0.2) is 40.4 Å². The maximum atomic E-state index is 12.7. The molecule has 0 saturated heterocycles. The lowest BCUT2D eigenvalue weighted by Gasteiger charge is -2.16. The van der Waals surface area contributed by atoms with Crippen molar-refractivity contribution in [3.05, 3.63) is 52.0 Å². The van der Waals surface area contributed by atoms with Crippen LogP contribution in [0.25, 0.3) is 11.4 Å². The maximum Gasteiger partial charge on any atom is 0.307 e. The monoisotopic (exact) mass is 439 g/mol. The lowest BCUT2D eigenvalue weighted by Crippen LogP contribution is -2.26. The summed E-state index contributed by atoms with van der Waals surface area (Å²) < 4.78 is 10.5. The quantitative estimate of drug-likeness (QED) is 0.410. The first-order valence-electron chi connectivity index (χ1n) is 9.92. The number of aryl methyl sites for hydroxylation is 1. The second-order valence-electron chi connectivity index (χ2n) is 7.28. The van der Waals surface area contributed by atoms with Gasteiger partial charge in [0.05, 0.1) is 6.42 Å². The van der Waals surface area contributed by atoms with Gasteiger partial charge in [0, 0.05) is 42.1 Å². The van der Waals surface area contributed by atoms with Gasteiger partial charge < -0.3 is 14.2 Å². The number of aromatic nitrogens is 2. The molecular formula is C22H21N3O5S. The third-order valence-electron chi connectivity index (χ3n) is 5.11. The molecule has 9 heteroatoms. The molecule has 4 rings (SSSR count). The molecule has 1 aliphatic heterocycles. The van der Waals surface area contributed by atoms with E-state index >= 15 is 0 Å². The van der Waals surface area contributed by atoms with Crippen molar-refractivity contribution in [1.82, 2.24) is 10.1 Å². The molecule has 0 aliphatic carbocycles. The van der Waals surface area contributed by atoms with Crippen LogP contribution in [0.15, 0.2) is 39.5 Å². The van der Waals surface area contributed by atoms with E-state index in [9.17, 15) is 14.4 Å². The summed E-state index contributed by atoms with van der Waals surface area (Å²) >= 11 is 1.53. The molecule has 1 atom stereocenters. The Labute approximate surface area is 182 Å². The van der Waals surface area contributed by atoms with Crippen LogP contribution in [0.1, 0.15) is 42.1 Å². The van der Waals surface area contributed by atoms with Crippen molar-refractivity contribution in [3.63, 3.8) is 0 Å². The molecule has 0 N–H and O–H groups in total. The Morgan fingerprint density at radius 2 is 2.13 bits per heavy atom. The summed E-state index contributed by atoms with van der Waals surface area (Å²) in [7, 11) is 0. The van der Waals surface area contributed by atoms with E-state index in [2.05, 4.69) is 10.1 Å². The van der Waals surface area contributed by atoms with Crippen LogP contribution >= 0.6 is 11.3 Å². The first-order chi connectivity index (χ1) is 14.9. The van der Waals surface area contributed by atoms with Crippen molar-refractivity contribution in [2.45, 2.75) is 39.2 Å². The van der Waals surface area contributed by atoms with Crippen LogP contribution in [0.5, 0.6) is 0 Å². The summed E-state index contributed by atoms with van der Waals surface area (Å²) in [6.45, 7) is 3.68. The van der Waals surface area contributed by atoms with Crippen LogP contribution in [0, 0.1) is 0 Å². The predicted octanol–water partition coefficient (Wildman–Crippen LogP) is 3.45. The zero-order valence-electron chi connectivity index (χ0n) is 17.2. The number of hydrogen-bond acceptors (Lipinski definition) is 8. The van der Waals surface area contributed by atoms with Crippen molar-refractivity contribution in [2.24, 2.45) is 0 Å². The van der Waals surface area contributed by atoms with E-state index in [1.165, 1.54) is 18.3 Å². The third kappa shape index (κ3) is 4.56. The second kappa shape index (κ2) is 8.81. The number of amides is 1. The lowest BCUT2D eigenvalue weighted by atomic mass is 10.0. The minimum absolute atomic E-state index is 0.0242. The smallest absolute Gasteiger partial charge is 0.307 e. The number of carbonyl (C=O) groups excluding carboxylic acids is 3. The fraction of sp³-hybridized carbons (Fsp3) is 0.318. The first kappa shape index (κ1) is 20.9. The number of fused-ring (bicyclic) bond motifs is 1. The second-order valence-corrected chi connectivity index (χ2v) is 8.06. The van der Waals surface area contributed by atoms with Crippen molar-refractivity contribution in [1.29, 1.82) is 0 Å². The van der Waals surface area contributed by atoms with Gasteiger partial charge in [0.1, 0.15) is 0 Å². The zero-order chi connectivity index (χ0) is 22.0. The summed E-state index contributed by atoms with van der Waals surface area (Å²) in [4.78, 5) is 42.5. The number of ether oxygens (including phenoxy) is 1. The highest BCUT2D eigenvalue weighted by Gasteiger charge is 2.25. The minimum Gasteiger partial charge on any atom is -0.454 e. The Morgan fingerprint density at radius 1 is 1.29 bits per heavy atom. The van der Waals surface area contributed by atoms with Gasteiger partial charge in [-0.15, -0.1) is 0 Å². The predicted molar refractivity (Wildman–Crippen MR) is 114 cm³/mol. The number of ketones is 1. The lowest BCUT2D eigenvalue weighted by molar-refractivity contribution is -0.146. The van der Waals surface area contributed by atoms with Gasteiger partial charge in [0.15, 0.2) is 6.10 Å². The van der Waals surface area contributed by atoms with E-state index in [0.717, 1.165) is 16.8 Å². The van der Waals surface area contributed by atoms with Crippen LogP contribution in [0.3, 0.4) is 0 Å². The van der Waals surface area contributed by atoms with Gasteiger partial charge >= 0.3 is 5.97 Å². The Bertz CT molecular complexity index is 1120. The highest BCUT2D eigenvalue weighted by molar-refractivity contribution is 7.08. The van der Waals surface area contributed by atoms with E-state index < -0.39 is 12.1 Å². The molecule has 160 valence electrons. The topological polar surface area (TPSA) is 103 Å². The molecule has 1 aromatic carbocycles. The summed E-state index contributed by atoms with van der Waals surface area (Å²) in [6.07, 6.45) is 0.0406. The van der Waals surface area contributed by atoms with Gasteiger partial charge in [-0.2, -0.15) is 16.3 Å². The van der Waals surface area contributed by atoms with Crippen molar-refractivity contribution >= 4 is 34.7 Å². The molecule has 1 aliphatic rings. The number of thiophene rings is 1. The molecule has 1 amide bonds. The molecule has 0 spiro atoms. The Kier molecular flexibility index (Phi) is 5.94. The van der Waals surface area contributed by atoms with Gasteiger partial charge in [-0.3, -0.25) is 14.4 Å². The highest BCUT2D eigenvalue weighted by Crippen LogP contribution is 2.29. The largest absolute Gasteiger partial charge is 0.454 e. The van der Waals surface area contributed by atoms with Gasteiger partial charge in [0.25, 0.3) is 0 Å². The van der Waals surface area contributed by atoms with Gasteiger partial charge in [-0.25, -0.2) is 0 Å². The van der Waals surface area contributed by atoms with Crippen LogP contribution in [0.2, 0.25) is 0 Å². The first-order valence-corrected chi connectivity index (χ1v) is 10.9. The summed E-state index contributed by atoms with van der Waals surface area (Å²) in [5, 5.41) is 7.73. The number of anilines is 1. The number of Topliss-reactive ketones (excluding diaryl/α,β-unsaturated/α-hetero) is 1. The number of benzene rings is 1. The van der Waals surface area contributed by atoms with Gasteiger partial charge in [0.2, 0.25) is 23.4 Å². The Hall–Kier alpha value is -3.33. The van der Waals surface area contributed by atoms with Crippen molar-refractivity contribution in [2.75, 3.05) is 11.4 Å². The molecular weight excluding hydrogens is 418 g/mol. The third-order valence-corrected chi connectivity index (χ3v) is 5.79. The summed E-state index contributed by atoms with van der Waals surface area (Å²) in [5.74, 6) is -0.00212. The molecule has 0 bridgehead atoms. The standard InChI is InChI=1S/C22H21N3O5S/c1-13(21(28)16-3-4-18-15(11-16)7-9-25(18)14(2)26)29-20(27)6-5-19-23-22(24-30-19)17-8-10-31-12-17/h3-4,8,10-13H,5-7,9H2,1-2H3/t13-/m1/s1. The average Bonchev–Trinajstić information content (AvgIpc) is 3.51. The Balaban J connectivity index is 1.32. The summed E-state index contributed by atoms with van der Waals surface area (Å²) in [6, 6.07) is 7.09. The highest BCUT2D eigenvalue weighted by atomic mass is 32.1. The van der Waals surface area contributed by atoms with E-state index in [4.69, 9.17) is 9.26 Å². The fourth-order valence-corrected chi connectivity index (χ4v) is 4.14. The van der Waals surface area contributed by atoms with Gasteiger partial charge in [-0.05, 0) is 48.6 Å². The molecule has 31 heavy (non-hydrogen) atoms. The summed E-state index contributed by atoms with van der Waals surface area (Å²) in [5.41, 5.74) is 3.09. The average molecular weight is 439 g/mol. The molecule has 8 nitrogen and oxygen atoms in total. The van der Waals surface area contributed by atoms with E-state index in [1.807, 2.05) is 16.8 Å². The van der Waals surface area contributed by atoms with E-state index in [-0.39, 0.29) is 24.5 Å². The normalized spacial score (nSPS) is 13.7. The van der Waals surface area contributed by atoms with Crippen LogP contribution < -0.4 is 4.90 Å². The number of rotatable bonds is 7. The van der Waals surface area contributed by atoms with E-state index in [1.54, 1.807) is 30.0 Å². The van der Waals surface area contributed by atoms with Gasteiger partial charge in [-0.1, -0.05) is 5.16 Å². The van der Waals surface area contributed by atoms with E-state index in [0.29, 0.717) is 30.2 Å². The SMILES string of the molecule is CC(=O)N1CCc2cc(C(=O)[C@@H](C)OC(=O)CCc3nc(-c4ccsc4)no3)ccc21. The Morgan fingerprint density at radius 3 is 2.87 bits per heavy atom. The number of nitrogens with zero attached hydrogens (tertiary/aromatic N) is 3. The molecule has 3 aromatic rings. The van der Waals surface area contributed by atoms with Crippen molar-refractivity contribution < 1.29 is 23.6 Å². The number of carbonyl (C=O) groups is 3. The molecule has 0 unspecified atom stereocenters. The molecule has 3 heterocycles. The molecule has 0 saturated carbocycles. The molecule has 2 aromatic heterocycles. The number of hydrogen-bond donors (Lipinski definition) is 0. The molecule has 0 radical (unpaired) electrons. The zero-order valence-corrected chi connectivity index (χ0v) is 18.0. The number of esters is 1. The maximum absolute atomic E-state index is 12.7. The molecule has 0 fully saturated rings. The fourth-order valence-electron chi connectivity index (χ4n) is 3.50. The van der Waals surface area contributed by atoms with Crippen LogP contribution in [0.4, 0.5) is 5.69 Å².